The smallest absolute Gasteiger partial charge is 0.267 e. The van der Waals surface area contributed by atoms with Gasteiger partial charge >= 0.3 is 0 Å². The average molecular weight is 342 g/mol. The van der Waals surface area contributed by atoms with Crippen LogP contribution in [0.4, 0.5) is 5.69 Å². The van der Waals surface area contributed by atoms with E-state index in [2.05, 4.69) is 10.3 Å². The Kier molecular flexibility index (Phi) is 4.30. The molecular weight excluding hydrogens is 328 g/mol. The normalized spacial score (nSPS) is 10.4. The second-order valence-corrected chi connectivity index (χ2v) is 5.74. The summed E-state index contributed by atoms with van der Waals surface area (Å²) in [5.41, 5.74) is 6.54. The molecule has 3 heterocycles. The number of pyridine rings is 1. The summed E-state index contributed by atoms with van der Waals surface area (Å²) in [6, 6.07) is 7.06. The summed E-state index contributed by atoms with van der Waals surface area (Å²) in [7, 11) is 1.39. The molecule has 3 aromatic rings. The van der Waals surface area contributed by atoms with Crippen LogP contribution >= 0.6 is 11.3 Å². The number of amides is 2. The van der Waals surface area contributed by atoms with Crippen LogP contribution in [-0.4, -0.2) is 28.5 Å². The average Bonchev–Trinajstić information content (AvgIpc) is 3.25. The van der Waals surface area contributed by atoms with E-state index in [1.165, 1.54) is 30.7 Å². The maximum absolute atomic E-state index is 12.5. The van der Waals surface area contributed by atoms with E-state index >= 15 is 0 Å². The molecule has 0 unspecified atom stereocenters. The molecule has 0 aliphatic carbocycles. The number of carbonyl (C=O) groups excluding carboxylic acids is 2. The van der Waals surface area contributed by atoms with Crippen LogP contribution in [0.1, 0.15) is 20.0 Å². The largest absolute Gasteiger partial charge is 0.480 e. The summed E-state index contributed by atoms with van der Waals surface area (Å²) in [5, 5.41) is 4.56. The second kappa shape index (κ2) is 6.55. The van der Waals surface area contributed by atoms with E-state index in [1.807, 2.05) is 40.5 Å². The summed E-state index contributed by atoms with van der Waals surface area (Å²) in [5.74, 6) is -0.861. The quantitative estimate of drug-likeness (QED) is 0.743. The Labute approximate surface area is 141 Å². The van der Waals surface area contributed by atoms with Gasteiger partial charge in [0.1, 0.15) is 10.4 Å². The molecule has 3 aromatic heterocycles. The molecule has 3 rings (SSSR count). The number of thiophene rings is 1. The molecule has 2 amide bonds. The standard InChI is InChI=1S/C16H14N4O3S/c1-23-16-11(14(17)21)8-10(9-18-16)19-15(22)13-12(4-7-24-13)20-5-2-3-6-20/h2-9H,1H3,(H2,17,21)(H,19,22). The van der Waals surface area contributed by atoms with E-state index in [-0.39, 0.29) is 17.4 Å². The third-order valence-electron chi connectivity index (χ3n) is 3.30. The first kappa shape index (κ1) is 15.8. The van der Waals surface area contributed by atoms with Gasteiger partial charge in [0.2, 0.25) is 5.88 Å². The number of rotatable bonds is 5. The first-order valence-electron chi connectivity index (χ1n) is 6.96. The molecule has 0 bridgehead atoms. The van der Waals surface area contributed by atoms with Crippen LogP contribution in [0.3, 0.4) is 0 Å². The third-order valence-corrected chi connectivity index (χ3v) is 4.20. The molecule has 0 aliphatic rings. The van der Waals surface area contributed by atoms with Crippen LogP contribution in [0.15, 0.2) is 48.2 Å². The maximum atomic E-state index is 12.5. The van der Waals surface area contributed by atoms with Crippen molar-refractivity contribution in [1.82, 2.24) is 9.55 Å². The molecule has 8 heteroatoms. The van der Waals surface area contributed by atoms with Crippen LogP contribution < -0.4 is 15.8 Å². The maximum Gasteiger partial charge on any atom is 0.267 e. The highest BCUT2D eigenvalue weighted by Gasteiger charge is 2.17. The SMILES string of the molecule is COc1ncc(NC(=O)c2sccc2-n2cccc2)cc1C(N)=O. The van der Waals surface area contributed by atoms with Gasteiger partial charge in [0, 0.05) is 12.4 Å². The molecule has 0 fully saturated rings. The molecule has 0 saturated heterocycles. The molecule has 0 spiro atoms. The minimum Gasteiger partial charge on any atom is -0.480 e. The van der Waals surface area contributed by atoms with Gasteiger partial charge in [-0.15, -0.1) is 11.3 Å². The summed E-state index contributed by atoms with van der Waals surface area (Å²) in [6.45, 7) is 0. The molecule has 0 saturated carbocycles. The van der Waals surface area contributed by atoms with E-state index < -0.39 is 5.91 Å². The number of hydrogen-bond donors (Lipinski definition) is 2. The Hall–Kier alpha value is -3.13. The molecular formula is C16H14N4O3S. The van der Waals surface area contributed by atoms with E-state index in [1.54, 1.807) is 0 Å². The van der Waals surface area contributed by atoms with E-state index in [9.17, 15) is 9.59 Å². The highest BCUT2D eigenvalue weighted by Crippen LogP contribution is 2.24. The number of carbonyl (C=O) groups is 2. The van der Waals surface area contributed by atoms with Gasteiger partial charge in [0.05, 0.1) is 24.7 Å². The lowest BCUT2D eigenvalue weighted by Gasteiger charge is -2.09. The van der Waals surface area contributed by atoms with Gasteiger partial charge in [0.15, 0.2) is 0 Å². The van der Waals surface area contributed by atoms with Crippen molar-refractivity contribution >= 4 is 28.8 Å². The Bertz CT molecular complexity index is 887. The van der Waals surface area contributed by atoms with Crippen molar-refractivity contribution in [2.24, 2.45) is 5.73 Å². The predicted octanol–water partition coefficient (Wildman–Crippen LogP) is 2.29. The third kappa shape index (κ3) is 2.99. The summed E-state index contributed by atoms with van der Waals surface area (Å²) in [6.07, 6.45) is 5.13. The molecule has 0 radical (unpaired) electrons. The van der Waals surface area contributed by atoms with E-state index in [0.717, 1.165) is 5.69 Å². The Morgan fingerprint density at radius 2 is 2.08 bits per heavy atom. The fraction of sp³-hybridized carbons (Fsp3) is 0.0625. The number of hydrogen-bond acceptors (Lipinski definition) is 5. The fourth-order valence-corrected chi connectivity index (χ4v) is 3.00. The van der Waals surface area contributed by atoms with Crippen molar-refractivity contribution < 1.29 is 14.3 Å². The number of anilines is 1. The summed E-state index contributed by atoms with van der Waals surface area (Å²) < 4.78 is 6.83. The molecule has 122 valence electrons. The molecule has 3 N–H and O–H groups in total. The highest BCUT2D eigenvalue weighted by atomic mass is 32.1. The Balaban J connectivity index is 1.87. The lowest BCUT2D eigenvalue weighted by atomic mass is 10.2. The lowest BCUT2D eigenvalue weighted by Crippen LogP contribution is -2.16. The van der Waals surface area contributed by atoms with Crippen molar-refractivity contribution in [3.8, 4) is 11.6 Å². The first-order chi connectivity index (χ1) is 11.6. The number of nitrogens with one attached hydrogen (secondary N) is 1. The first-order valence-corrected chi connectivity index (χ1v) is 7.84. The number of nitrogens with two attached hydrogens (primary N) is 1. The molecule has 0 aliphatic heterocycles. The minimum absolute atomic E-state index is 0.104. The van der Waals surface area contributed by atoms with Gasteiger partial charge in [-0.25, -0.2) is 4.98 Å². The van der Waals surface area contributed by atoms with Gasteiger partial charge in [-0.3, -0.25) is 9.59 Å². The lowest BCUT2D eigenvalue weighted by molar-refractivity contribution is 0.0993. The fourth-order valence-electron chi connectivity index (χ4n) is 2.22. The topological polar surface area (TPSA) is 99.2 Å². The van der Waals surface area contributed by atoms with Crippen LogP contribution in [0, 0.1) is 0 Å². The number of nitrogens with zero attached hydrogens (tertiary/aromatic N) is 2. The van der Waals surface area contributed by atoms with Gasteiger partial charge < -0.3 is 20.4 Å². The van der Waals surface area contributed by atoms with Crippen LogP contribution in [-0.2, 0) is 0 Å². The van der Waals surface area contributed by atoms with E-state index in [0.29, 0.717) is 10.6 Å². The van der Waals surface area contributed by atoms with Crippen molar-refractivity contribution in [2.75, 3.05) is 12.4 Å². The monoisotopic (exact) mass is 342 g/mol. The zero-order valence-corrected chi connectivity index (χ0v) is 13.5. The van der Waals surface area contributed by atoms with Crippen LogP contribution in [0.5, 0.6) is 5.88 Å². The Morgan fingerprint density at radius 3 is 2.75 bits per heavy atom. The van der Waals surface area contributed by atoms with Gasteiger partial charge in [0.25, 0.3) is 11.8 Å². The van der Waals surface area contributed by atoms with Crippen LogP contribution in [0.2, 0.25) is 0 Å². The molecule has 7 nitrogen and oxygen atoms in total. The molecule has 0 aromatic carbocycles. The highest BCUT2D eigenvalue weighted by molar-refractivity contribution is 7.12. The van der Waals surface area contributed by atoms with E-state index in [4.69, 9.17) is 10.5 Å². The van der Waals surface area contributed by atoms with Crippen molar-refractivity contribution in [3.05, 3.63) is 58.7 Å². The number of aromatic nitrogens is 2. The summed E-state index contributed by atoms with van der Waals surface area (Å²) >= 11 is 1.32. The molecule has 0 atom stereocenters. The predicted molar refractivity (Wildman–Crippen MR) is 90.9 cm³/mol. The van der Waals surface area contributed by atoms with Crippen molar-refractivity contribution in [3.63, 3.8) is 0 Å². The number of ether oxygens (including phenoxy) is 1. The zero-order chi connectivity index (χ0) is 17.1. The number of methoxy groups -OCH3 is 1. The van der Waals surface area contributed by atoms with Gasteiger partial charge in [-0.2, -0.15) is 0 Å². The minimum atomic E-state index is -0.681. The second-order valence-electron chi connectivity index (χ2n) is 4.82. The van der Waals surface area contributed by atoms with Gasteiger partial charge in [-0.05, 0) is 29.6 Å². The van der Waals surface area contributed by atoms with Crippen molar-refractivity contribution in [1.29, 1.82) is 0 Å². The zero-order valence-electron chi connectivity index (χ0n) is 12.7. The molecule has 24 heavy (non-hydrogen) atoms. The van der Waals surface area contributed by atoms with Crippen molar-refractivity contribution in [2.45, 2.75) is 0 Å². The van der Waals surface area contributed by atoms with Gasteiger partial charge in [-0.1, -0.05) is 0 Å². The Morgan fingerprint density at radius 1 is 1.33 bits per heavy atom. The summed E-state index contributed by atoms with van der Waals surface area (Å²) in [4.78, 5) is 28.5. The number of primary amides is 1. The van der Waals surface area contributed by atoms with Crippen LogP contribution in [0.25, 0.3) is 5.69 Å².